The van der Waals surface area contributed by atoms with Crippen LogP contribution in [0.25, 0.3) is 5.69 Å². The van der Waals surface area contributed by atoms with Gasteiger partial charge in [0.25, 0.3) is 5.56 Å². The van der Waals surface area contributed by atoms with Gasteiger partial charge in [-0.05, 0) is 57.5 Å². The van der Waals surface area contributed by atoms with Crippen LogP contribution in [-0.4, -0.2) is 20.1 Å². The highest BCUT2D eigenvalue weighted by Crippen LogP contribution is 2.31. The normalized spacial score (nSPS) is 11.4. The number of nitriles is 1. The summed E-state index contributed by atoms with van der Waals surface area (Å²) in [6.07, 6.45) is -4.49. The number of nitrogens with zero attached hydrogens (tertiary/aromatic N) is 4. The number of carbonyl (C=O) groups excluding carboxylic acids is 1. The Balaban J connectivity index is 2.02. The van der Waals surface area contributed by atoms with E-state index < -0.39 is 23.1 Å². The van der Waals surface area contributed by atoms with Crippen LogP contribution < -0.4 is 5.56 Å². The Hall–Kier alpha value is -3.67. The molecule has 0 unspecified atom stereocenters. The van der Waals surface area contributed by atoms with Crippen molar-refractivity contribution in [2.75, 3.05) is 0 Å². The Morgan fingerprint density at radius 1 is 1.16 bits per heavy atom. The molecule has 0 saturated heterocycles. The summed E-state index contributed by atoms with van der Waals surface area (Å²) in [5.74, 6) is -0.437. The third-order valence-electron chi connectivity index (χ3n) is 5.21. The van der Waals surface area contributed by atoms with Gasteiger partial charge in [-0.15, -0.1) is 0 Å². The lowest BCUT2D eigenvalue weighted by Gasteiger charge is -2.13. The molecule has 0 bridgehead atoms. The van der Waals surface area contributed by atoms with E-state index in [0.717, 1.165) is 16.8 Å². The molecule has 0 N–H and O–H groups in total. The van der Waals surface area contributed by atoms with Crippen molar-refractivity contribution in [3.63, 3.8) is 0 Å². The second-order valence-electron chi connectivity index (χ2n) is 7.25. The molecule has 0 spiro atoms. The van der Waals surface area contributed by atoms with Gasteiger partial charge in [-0.1, -0.05) is 6.07 Å². The number of benzene rings is 1. The molecule has 9 heteroatoms. The van der Waals surface area contributed by atoms with Crippen molar-refractivity contribution in [3.05, 3.63) is 80.0 Å². The number of carbonyl (C=O) groups is 1. The molecule has 0 saturated carbocycles. The molecule has 31 heavy (non-hydrogen) atoms. The molecular formula is C22H19F3N4O2. The van der Waals surface area contributed by atoms with Crippen molar-refractivity contribution in [2.24, 2.45) is 0 Å². The van der Waals surface area contributed by atoms with Gasteiger partial charge in [0.2, 0.25) is 0 Å². The van der Waals surface area contributed by atoms with E-state index in [4.69, 9.17) is 0 Å². The summed E-state index contributed by atoms with van der Waals surface area (Å²) in [5.41, 5.74) is 0.938. The summed E-state index contributed by atoms with van der Waals surface area (Å²) in [4.78, 5) is 25.4. The minimum Gasteiger partial charge on any atom is -0.318 e. The van der Waals surface area contributed by atoms with E-state index in [0.29, 0.717) is 22.6 Å². The molecule has 0 radical (unpaired) electrons. The number of hydrogen-bond donors (Lipinski definition) is 0. The average molecular weight is 428 g/mol. The van der Waals surface area contributed by atoms with Crippen molar-refractivity contribution < 1.29 is 18.0 Å². The average Bonchev–Trinajstić information content (AvgIpc) is 3.00. The first-order valence-electron chi connectivity index (χ1n) is 9.34. The number of hydrogen-bond acceptors (Lipinski definition) is 4. The van der Waals surface area contributed by atoms with Crippen molar-refractivity contribution in [3.8, 4) is 11.8 Å². The Morgan fingerprint density at radius 3 is 2.45 bits per heavy atom. The van der Waals surface area contributed by atoms with Crippen LogP contribution >= 0.6 is 0 Å². The second kappa shape index (κ2) is 7.87. The van der Waals surface area contributed by atoms with Crippen LogP contribution in [0.5, 0.6) is 0 Å². The molecule has 160 valence electrons. The van der Waals surface area contributed by atoms with Gasteiger partial charge in [-0.25, -0.2) is 4.68 Å². The third kappa shape index (κ3) is 4.01. The zero-order valence-corrected chi connectivity index (χ0v) is 17.3. The lowest BCUT2D eigenvalue weighted by Crippen LogP contribution is -2.30. The fourth-order valence-corrected chi connectivity index (χ4v) is 3.50. The largest absolute Gasteiger partial charge is 0.416 e. The summed E-state index contributed by atoms with van der Waals surface area (Å²) >= 11 is 0. The highest BCUT2D eigenvalue weighted by molar-refractivity contribution is 5.97. The van der Waals surface area contributed by atoms with Crippen LogP contribution in [0.3, 0.4) is 0 Å². The molecule has 1 aromatic carbocycles. The number of aromatic nitrogens is 3. The van der Waals surface area contributed by atoms with Crippen LogP contribution in [0.2, 0.25) is 0 Å². The fraction of sp³-hybridized carbons (Fsp3) is 0.273. The van der Waals surface area contributed by atoms with E-state index >= 15 is 0 Å². The summed E-state index contributed by atoms with van der Waals surface area (Å²) in [6.45, 7) is 6.16. The maximum atomic E-state index is 13.1. The molecule has 0 amide bonds. The lowest BCUT2D eigenvalue weighted by molar-refractivity contribution is -0.137. The van der Waals surface area contributed by atoms with Gasteiger partial charge in [-0.3, -0.25) is 9.59 Å². The molecule has 0 fully saturated rings. The zero-order chi connectivity index (χ0) is 23.1. The molecule has 3 rings (SSSR count). The van der Waals surface area contributed by atoms with Gasteiger partial charge in [0.1, 0.15) is 18.2 Å². The van der Waals surface area contributed by atoms with Gasteiger partial charge >= 0.3 is 6.18 Å². The smallest absolute Gasteiger partial charge is 0.318 e. The minimum absolute atomic E-state index is 0.0743. The van der Waals surface area contributed by atoms with Gasteiger partial charge in [0.05, 0.1) is 11.3 Å². The fourth-order valence-electron chi connectivity index (χ4n) is 3.50. The first-order valence-corrected chi connectivity index (χ1v) is 9.34. The van der Waals surface area contributed by atoms with Crippen LogP contribution in [0.4, 0.5) is 13.2 Å². The number of ketones is 1. The standard InChI is InChI=1S/C22H19F3N4O2/c1-12-8-18(15(4)29(12)17-7-5-6-16(9-17)22(23,24)25)20(30)11-28-21(31)19(10-26)13(2)14(3)27-28/h5-9H,11H2,1-4H3. The number of Topliss-reactive ketones (excluding diaryl/α,β-unsaturated/α-hetero) is 1. The quantitative estimate of drug-likeness (QED) is 0.588. The highest BCUT2D eigenvalue weighted by Gasteiger charge is 2.31. The molecule has 0 aliphatic rings. The van der Waals surface area contributed by atoms with E-state index in [1.54, 1.807) is 38.3 Å². The van der Waals surface area contributed by atoms with E-state index in [2.05, 4.69) is 5.10 Å². The first kappa shape index (κ1) is 22.0. The SMILES string of the molecule is Cc1nn(CC(=O)c2cc(C)n(-c3cccc(C(F)(F)F)c3)c2C)c(=O)c(C#N)c1C. The maximum Gasteiger partial charge on any atom is 0.416 e. The van der Waals surface area contributed by atoms with E-state index in [9.17, 15) is 28.0 Å². The van der Waals surface area contributed by atoms with Gasteiger partial charge < -0.3 is 4.57 Å². The van der Waals surface area contributed by atoms with Crippen molar-refractivity contribution in [2.45, 2.75) is 40.4 Å². The Bertz CT molecular complexity index is 1290. The second-order valence-corrected chi connectivity index (χ2v) is 7.25. The van der Waals surface area contributed by atoms with Crippen molar-refractivity contribution in [1.82, 2.24) is 14.3 Å². The summed E-state index contributed by atoms with van der Waals surface area (Å²) in [6, 6.07) is 8.23. The van der Waals surface area contributed by atoms with Gasteiger partial charge in [0.15, 0.2) is 5.78 Å². The molecule has 2 aromatic heterocycles. The lowest BCUT2D eigenvalue weighted by atomic mass is 10.1. The Kier molecular flexibility index (Phi) is 5.59. The number of halogens is 3. The minimum atomic E-state index is -4.49. The van der Waals surface area contributed by atoms with Gasteiger partial charge in [0, 0.05) is 22.6 Å². The van der Waals surface area contributed by atoms with E-state index in [1.807, 2.05) is 6.07 Å². The topological polar surface area (TPSA) is 80.7 Å². The summed E-state index contributed by atoms with van der Waals surface area (Å²) < 4.78 is 41.8. The van der Waals surface area contributed by atoms with Crippen LogP contribution in [0.1, 0.15) is 44.1 Å². The first-order chi connectivity index (χ1) is 14.5. The van der Waals surface area contributed by atoms with Crippen LogP contribution in [0, 0.1) is 39.0 Å². The summed E-state index contributed by atoms with van der Waals surface area (Å²) in [7, 11) is 0. The van der Waals surface area contributed by atoms with Gasteiger partial charge in [-0.2, -0.15) is 23.5 Å². The number of aryl methyl sites for hydroxylation is 2. The van der Waals surface area contributed by atoms with E-state index in [-0.39, 0.29) is 23.4 Å². The van der Waals surface area contributed by atoms with Crippen molar-refractivity contribution in [1.29, 1.82) is 5.26 Å². The highest BCUT2D eigenvalue weighted by atomic mass is 19.4. The zero-order valence-electron chi connectivity index (χ0n) is 17.3. The van der Waals surface area contributed by atoms with Crippen molar-refractivity contribution >= 4 is 5.78 Å². The Labute approximate surface area is 176 Å². The number of alkyl halides is 3. The van der Waals surface area contributed by atoms with E-state index in [1.165, 1.54) is 12.1 Å². The maximum absolute atomic E-state index is 13.1. The van der Waals surface area contributed by atoms with Crippen LogP contribution in [-0.2, 0) is 12.7 Å². The summed E-state index contributed by atoms with van der Waals surface area (Å²) in [5, 5.41) is 13.3. The number of rotatable bonds is 4. The third-order valence-corrected chi connectivity index (χ3v) is 5.21. The molecule has 6 nitrogen and oxygen atoms in total. The molecule has 3 aromatic rings. The molecule has 0 aliphatic heterocycles. The molecule has 0 atom stereocenters. The Morgan fingerprint density at radius 2 is 1.84 bits per heavy atom. The molecule has 2 heterocycles. The molecule has 0 aliphatic carbocycles. The monoisotopic (exact) mass is 428 g/mol. The predicted octanol–water partition coefficient (Wildman–Crippen LogP) is 4.04. The molecular weight excluding hydrogens is 409 g/mol. The predicted molar refractivity (Wildman–Crippen MR) is 107 cm³/mol. The van der Waals surface area contributed by atoms with Crippen LogP contribution in [0.15, 0.2) is 35.1 Å².